The fourth-order valence-electron chi connectivity index (χ4n) is 3.50. The first kappa shape index (κ1) is 23.7. The Labute approximate surface area is 191 Å². The molecule has 0 radical (unpaired) electrons. The quantitative estimate of drug-likeness (QED) is 0.347. The fraction of sp³-hybridized carbons (Fsp3) is 0.474. The van der Waals surface area contributed by atoms with Gasteiger partial charge in [0.15, 0.2) is 5.96 Å². The van der Waals surface area contributed by atoms with Gasteiger partial charge in [0.25, 0.3) is 0 Å². The maximum absolute atomic E-state index is 12.7. The maximum atomic E-state index is 12.7. The number of guanidine groups is 1. The highest BCUT2D eigenvalue weighted by atomic mass is 127. The van der Waals surface area contributed by atoms with Gasteiger partial charge in [-0.1, -0.05) is 18.5 Å². The molecule has 0 bridgehead atoms. The van der Waals surface area contributed by atoms with Crippen molar-refractivity contribution in [2.24, 2.45) is 10.9 Å². The number of hydrogen-bond donors (Lipinski definition) is 1. The average Bonchev–Trinajstić information content (AvgIpc) is 3.19. The van der Waals surface area contributed by atoms with Gasteiger partial charge in [0, 0.05) is 49.7 Å². The van der Waals surface area contributed by atoms with Gasteiger partial charge in [0.05, 0.1) is 12.4 Å². The van der Waals surface area contributed by atoms with E-state index in [1.54, 1.807) is 19.3 Å². The van der Waals surface area contributed by atoms with Gasteiger partial charge in [-0.2, -0.15) is 8.78 Å². The van der Waals surface area contributed by atoms with Crippen molar-refractivity contribution in [2.75, 3.05) is 20.1 Å². The van der Waals surface area contributed by atoms with Crippen molar-refractivity contribution in [3.8, 4) is 5.75 Å². The third-order valence-corrected chi connectivity index (χ3v) is 5.25. The van der Waals surface area contributed by atoms with Gasteiger partial charge in [-0.25, -0.2) is 4.98 Å². The van der Waals surface area contributed by atoms with Crippen molar-refractivity contribution in [1.82, 2.24) is 19.8 Å². The van der Waals surface area contributed by atoms with Gasteiger partial charge in [-0.3, -0.25) is 4.99 Å². The van der Waals surface area contributed by atoms with Crippen LogP contribution in [0.15, 0.2) is 41.9 Å². The Bertz CT molecular complexity index is 806. The lowest BCUT2D eigenvalue weighted by Gasteiger charge is -2.39. The molecule has 2 unspecified atom stereocenters. The zero-order chi connectivity index (χ0) is 20.1. The number of likely N-dealkylation sites (tertiary alicyclic amines) is 1. The van der Waals surface area contributed by atoms with Crippen LogP contribution in [0.4, 0.5) is 8.78 Å². The largest absolute Gasteiger partial charge is 0.434 e. The van der Waals surface area contributed by atoms with Gasteiger partial charge in [0.1, 0.15) is 5.75 Å². The third kappa shape index (κ3) is 6.18. The molecule has 1 saturated heterocycles. The molecule has 1 aromatic heterocycles. The molecule has 2 atom stereocenters. The van der Waals surface area contributed by atoms with E-state index in [1.807, 2.05) is 12.5 Å². The van der Waals surface area contributed by atoms with Crippen molar-refractivity contribution >= 4 is 41.5 Å². The van der Waals surface area contributed by atoms with E-state index in [0.29, 0.717) is 28.5 Å². The molecule has 0 amide bonds. The van der Waals surface area contributed by atoms with Crippen LogP contribution < -0.4 is 10.1 Å². The summed E-state index contributed by atoms with van der Waals surface area (Å²) in [6.45, 7) is 1.27. The number of benzene rings is 1. The first-order chi connectivity index (χ1) is 13.5. The first-order valence-corrected chi connectivity index (χ1v) is 9.52. The topological polar surface area (TPSA) is 54.7 Å². The van der Waals surface area contributed by atoms with E-state index in [0.717, 1.165) is 19.5 Å². The SMILES string of the molecule is CN=C(NCc1cc(Cl)ccc1OC(F)F)N1CCC(C)C(n2ccnc2)C1.I. The van der Waals surface area contributed by atoms with Crippen molar-refractivity contribution in [2.45, 2.75) is 32.5 Å². The fourth-order valence-corrected chi connectivity index (χ4v) is 3.69. The number of aromatic nitrogens is 2. The molecule has 6 nitrogen and oxygen atoms in total. The van der Waals surface area contributed by atoms with Crippen molar-refractivity contribution in [1.29, 1.82) is 0 Å². The lowest BCUT2D eigenvalue weighted by atomic mass is 9.93. The molecule has 1 aromatic carbocycles. The van der Waals surface area contributed by atoms with Crippen LogP contribution >= 0.6 is 35.6 Å². The summed E-state index contributed by atoms with van der Waals surface area (Å²) in [5.41, 5.74) is 0.547. The predicted molar refractivity (Wildman–Crippen MR) is 120 cm³/mol. The van der Waals surface area contributed by atoms with Crippen LogP contribution in [-0.4, -0.2) is 47.2 Å². The lowest BCUT2D eigenvalue weighted by molar-refractivity contribution is -0.0504. The first-order valence-electron chi connectivity index (χ1n) is 9.14. The Kier molecular flexibility index (Phi) is 8.94. The summed E-state index contributed by atoms with van der Waals surface area (Å²) in [7, 11) is 1.71. The second kappa shape index (κ2) is 11.0. The van der Waals surface area contributed by atoms with Crippen molar-refractivity contribution in [3.63, 3.8) is 0 Å². The summed E-state index contributed by atoms with van der Waals surface area (Å²) in [6, 6.07) is 4.89. The Hall–Kier alpha value is -1.62. The third-order valence-electron chi connectivity index (χ3n) is 5.01. The Morgan fingerprint density at radius 3 is 2.90 bits per heavy atom. The number of rotatable bonds is 5. The second-order valence-corrected chi connectivity index (χ2v) is 7.26. The summed E-state index contributed by atoms with van der Waals surface area (Å²) in [4.78, 5) is 10.7. The number of nitrogens with zero attached hydrogens (tertiary/aromatic N) is 4. The van der Waals surface area contributed by atoms with E-state index in [2.05, 4.69) is 36.4 Å². The molecule has 0 saturated carbocycles. The van der Waals surface area contributed by atoms with Crippen LogP contribution in [0.5, 0.6) is 5.75 Å². The molecule has 1 N–H and O–H groups in total. The number of aliphatic imine (C=N–C) groups is 1. The molecule has 2 aromatic rings. The Morgan fingerprint density at radius 1 is 1.45 bits per heavy atom. The molecule has 29 heavy (non-hydrogen) atoms. The minimum Gasteiger partial charge on any atom is -0.434 e. The summed E-state index contributed by atoms with van der Waals surface area (Å²) in [5.74, 6) is 1.33. The van der Waals surface area contributed by atoms with Crippen molar-refractivity contribution < 1.29 is 13.5 Å². The van der Waals surface area contributed by atoms with Crippen LogP contribution in [0.3, 0.4) is 0 Å². The van der Waals surface area contributed by atoms with Crippen molar-refractivity contribution in [3.05, 3.63) is 47.5 Å². The molecule has 3 rings (SSSR count). The molecule has 1 aliphatic rings. The number of halogens is 4. The highest BCUT2D eigenvalue weighted by molar-refractivity contribution is 14.0. The lowest BCUT2D eigenvalue weighted by Crippen LogP contribution is -2.48. The molecule has 0 aliphatic carbocycles. The van der Waals surface area contributed by atoms with Crippen LogP contribution in [0.25, 0.3) is 0 Å². The minimum absolute atomic E-state index is 0. The minimum atomic E-state index is -2.89. The van der Waals surface area contributed by atoms with Crippen LogP contribution in [0.2, 0.25) is 5.02 Å². The molecule has 2 heterocycles. The van der Waals surface area contributed by atoms with E-state index in [-0.39, 0.29) is 36.3 Å². The summed E-state index contributed by atoms with van der Waals surface area (Å²) in [5, 5.41) is 3.70. The van der Waals surface area contributed by atoms with Crippen LogP contribution in [0, 0.1) is 5.92 Å². The number of hydrogen-bond acceptors (Lipinski definition) is 3. The summed E-state index contributed by atoms with van der Waals surface area (Å²) in [6.07, 6.45) is 6.60. The smallest absolute Gasteiger partial charge is 0.387 e. The van der Waals surface area contributed by atoms with Crippen LogP contribution in [0.1, 0.15) is 24.9 Å². The Morgan fingerprint density at radius 2 is 2.24 bits per heavy atom. The number of ether oxygens (including phenoxy) is 1. The number of alkyl halides is 2. The van der Waals surface area contributed by atoms with E-state index >= 15 is 0 Å². The van der Waals surface area contributed by atoms with Crippen LogP contribution in [-0.2, 0) is 6.54 Å². The average molecular weight is 540 g/mol. The predicted octanol–water partition coefficient (Wildman–Crippen LogP) is 4.41. The molecule has 160 valence electrons. The normalized spacial score (nSPS) is 19.8. The zero-order valence-electron chi connectivity index (χ0n) is 16.3. The van der Waals surface area contributed by atoms with E-state index in [9.17, 15) is 8.78 Å². The van der Waals surface area contributed by atoms with Gasteiger partial charge >= 0.3 is 6.61 Å². The molecule has 1 fully saturated rings. The highest BCUT2D eigenvalue weighted by Crippen LogP contribution is 2.28. The number of nitrogens with one attached hydrogen (secondary N) is 1. The summed E-state index contributed by atoms with van der Waals surface area (Å²) < 4.78 is 32.0. The standard InChI is InChI=1S/C19H24ClF2N5O.HI/c1-13-5-7-26(11-16(13)27-8-6-24-12-27)19(23-2)25-10-14-9-15(20)3-4-17(14)28-18(21)22;/h3-4,6,8-9,12-13,16,18H,5,7,10-11H2,1-2H3,(H,23,25);1H. The molecular weight excluding hydrogens is 515 g/mol. The van der Waals surface area contributed by atoms with E-state index in [1.165, 1.54) is 12.1 Å². The highest BCUT2D eigenvalue weighted by Gasteiger charge is 2.29. The summed E-state index contributed by atoms with van der Waals surface area (Å²) >= 11 is 6.02. The number of piperidine rings is 1. The van der Waals surface area contributed by atoms with Gasteiger partial charge < -0.3 is 19.5 Å². The maximum Gasteiger partial charge on any atom is 0.387 e. The van der Waals surface area contributed by atoms with Gasteiger partial charge in [-0.05, 0) is 30.5 Å². The van der Waals surface area contributed by atoms with Gasteiger partial charge in [0.2, 0.25) is 0 Å². The van der Waals surface area contributed by atoms with Gasteiger partial charge in [-0.15, -0.1) is 24.0 Å². The monoisotopic (exact) mass is 539 g/mol. The molecule has 0 spiro atoms. The zero-order valence-corrected chi connectivity index (χ0v) is 19.4. The molecule has 1 aliphatic heterocycles. The van der Waals surface area contributed by atoms with E-state index in [4.69, 9.17) is 11.6 Å². The Balaban J connectivity index is 0.00000300. The molecular formula is C19H25ClF2IN5O. The van der Waals surface area contributed by atoms with E-state index < -0.39 is 6.61 Å². The molecule has 10 heteroatoms. The number of imidazole rings is 1. The second-order valence-electron chi connectivity index (χ2n) is 6.82.